The number of aromatic nitrogens is 3. The number of nitrogens with one attached hydrogen (secondary N) is 2. The molecule has 11 heteroatoms. The van der Waals surface area contributed by atoms with Crippen LogP contribution in [0.4, 0.5) is 9.18 Å². The summed E-state index contributed by atoms with van der Waals surface area (Å²) in [4.78, 5) is 38.4. The van der Waals surface area contributed by atoms with Crippen molar-refractivity contribution in [1.82, 2.24) is 25.2 Å². The molecular weight excluding hydrogens is 481 g/mol. The third kappa shape index (κ3) is 4.65. The number of benzene rings is 1. The monoisotopic (exact) mass is 511 g/mol. The maximum atomic E-state index is 14.6. The summed E-state index contributed by atoms with van der Waals surface area (Å²) in [7, 11) is 1.39. The lowest BCUT2D eigenvalue weighted by Gasteiger charge is -2.25. The van der Waals surface area contributed by atoms with Gasteiger partial charge in [-0.2, -0.15) is 0 Å². The van der Waals surface area contributed by atoms with Gasteiger partial charge in [0.15, 0.2) is 11.6 Å². The molecule has 0 bridgehead atoms. The summed E-state index contributed by atoms with van der Waals surface area (Å²) < 4.78 is 25.7. The molecule has 0 spiro atoms. The number of carbonyl (C=O) groups is 2. The Balaban J connectivity index is 1.51. The van der Waals surface area contributed by atoms with Crippen molar-refractivity contribution in [3.05, 3.63) is 35.5 Å². The molecule has 2 fully saturated rings. The van der Waals surface area contributed by atoms with Crippen molar-refractivity contribution < 1.29 is 28.6 Å². The lowest BCUT2D eigenvalue weighted by molar-refractivity contribution is 0.0918. The van der Waals surface area contributed by atoms with E-state index in [9.17, 15) is 19.1 Å². The van der Waals surface area contributed by atoms with Crippen molar-refractivity contribution in [3.8, 4) is 22.8 Å². The topological polar surface area (TPSA) is 130 Å². The quantitative estimate of drug-likeness (QED) is 0.415. The molecule has 1 unspecified atom stereocenters. The Morgan fingerprint density at radius 1 is 1.24 bits per heavy atom. The van der Waals surface area contributed by atoms with Crippen molar-refractivity contribution in [2.24, 2.45) is 5.92 Å². The highest BCUT2D eigenvalue weighted by Crippen LogP contribution is 2.39. The maximum absolute atomic E-state index is 14.6. The van der Waals surface area contributed by atoms with Gasteiger partial charge in [0.2, 0.25) is 0 Å². The summed E-state index contributed by atoms with van der Waals surface area (Å²) in [6.45, 7) is 4.53. The van der Waals surface area contributed by atoms with Crippen molar-refractivity contribution >= 4 is 23.0 Å². The number of aromatic amines is 1. The first-order chi connectivity index (χ1) is 17.8. The molecule has 1 aromatic carbocycles. The SMILES string of the molecule is CCC1[C@H](NC(=O)c2c(C)[nH]c3c(-c4cc(OC)c(F)cc4OCC4CC4)ncnc23)CCN1C(=O)O. The molecule has 2 atom stereocenters. The Labute approximate surface area is 213 Å². The first-order valence-corrected chi connectivity index (χ1v) is 12.5. The Hall–Kier alpha value is -3.89. The summed E-state index contributed by atoms with van der Waals surface area (Å²) in [5.74, 6) is -0.0230. The number of likely N-dealkylation sites (tertiary alicyclic amines) is 1. The molecule has 196 valence electrons. The van der Waals surface area contributed by atoms with Gasteiger partial charge in [0.25, 0.3) is 5.91 Å². The molecule has 1 aliphatic heterocycles. The van der Waals surface area contributed by atoms with Gasteiger partial charge in [-0.1, -0.05) is 6.92 Å². The van der Waals surface area contributed by atoms with Crippen LogP contribution in [0, 0.1) is 18.7 Å². The number of hydrogen-bond acceptors (Lipinski definition) is 6. The smallest absolute Gasteiger partial charge is 0.407 e. The van der Waals surface area contributed by atoms with Crippen molar-refractivity contribution in [2.75, 3.05) is 20.3 Å². The van der Waals surface area contributed by atoms with Crippen LogP contribution in [0.1, 0.15) is 48.7 Å². The molecule has 2 aromatic heterocycles. The van der Waals surface area contributed by atoms with Crippen LogP contribution in [-0.4, -0.2) is 69.3 Å². The lowest BCUT2D eigenvalue weighted by Crippen LogP contribution is -2.46. The Bertz CT molecular complexity index is 1350. The number of carboxylic acid groups (broad SMARTS) is 1. The molecule has 3 N–H and O–H groups in total. The fraction of sp³-hybridized carbons (Fsp3) is 0.462. The van der Waals surface area contributed by atoms with Gasteiger partial charge in [-0.15, -0.1) is 0 Å². The Kier molecular flexibility index (Phi) is 6.61. The summed E-state index contributed by atoms with van der Waals surface area (Å²) in [6, 6.07) is 2.24. The highest BCUT2D eigenvalue weighted by Gasteiger charge is 2.37. The van der Waals surface area contributed by atoms with Gasteiger partial charge in [-0.05, 0) is 44.6 Å². The highest BCUT2D eigenvalue weighted by atomic mass is 19.1. The van der Waals surface area contributed by atoms with Crippen LogP contribution in [-0.2, 0) is 0 Å². The van der Waals surface area contributed by atoms with E-state index in [1.54, 1.807) is 13.0 Å². The van der Waals surface area contributed by atoms with Gasteiger partial charge < -0.3 is 29.8 Å². The second-order valence-electron chi connectivity index (χ2n) is 9.63. The van der Waals surface area contributed by atoms with Gasteiger partial charge in [-0.25, -0.2) is 19.2 Å². The number of hydrogen-bond donors (Lipinski definition) is 3. The molecule has 2 aliphatic rings. The average molecular weight is 512 g/mol. The second-order valence-corrected chi connectivity index (χ2v) is 9.63. The number of nitrogens with zero attached hydrogens (tertiary/aromatic N) is 3. The number of methoxy groups -OCH3 is 1. The lowest BCUT2D eigenvalue weighted by atomic mass is 10.1. The van der Waals surface area contributed by atoms with Gasteiger partial charge in [0, 0.05) is 23.9 Å². The van der Waals surface area contributed by atoms with Crippen LogP contribution in [0.25, 0.3) is 22.3 Å². The predicted molar refractivity (Wildman–Crippen MR) is 133 cm³/mol. The van der Waals surface area contributed by atoms with Crippen molar-refractivity contribution in [3.63, 3.8) is 0 Å². The van der Waals surface area contributed by atoms with E-state index in [0.29, 0.717) is 71.2 Å². The molecule has 2 amide bonds. The molecule has 1 aliphatic carbocycles. The largest absolute Gasteiger partial charge is 0.494 e. The zero-order valence-corrected chi connectivity index (χ0v) is 21.0. The van der Waals surface area contributed by atoms with E-state index in [0.717, 1.165) is 12.8 Å². The van der Waals surface area contributed by atoms with Crippen LogP contribution in [0.5, 0.6) is 11.5 Å². The number of H-pyrrole nitrogens is 1. The van der Waals surface area contributed by atoms with E-state index in [1.807, 2.05) is 6.92 Å². The summed E-state index contributed by atoms with van der Waals surface area (Å²) in [5, 5.41) is 12.5. The van der Waals surface area contributed by atoms with E-state index in [2.05, 4.69) is 20.3 Å². The van der Waals surface area contributed by atoms with Gasteiger partial charge in [-0.3, -0.25) is 4.79 Å². The molecule has 1 saturated carbocycles. The van der Waals surface area contributed by atoms with Gasteiger partial charge >= 0.3 is 6.09 Å². The van der Waals surface area contributed by atoms with Crippen LogP contribution < -0.4 is 14.8 Å². The third-order valence-corrected chi connectivity index (χ3v) is 7.21. The van der Waals surface area contributed by atoms with Gasteiger partial charge in [0.05, 0.1) is 36.9 Å². The summed E-state index contributed by atoms with van der Waals surface area (Å²) in [5.41, 5.74) is 2.86. The van der Waals surface area contributed by atoms with E-state index in [-0.39, 0.29) is 23.7 Å². The number of halogens is 1. The van der Waals surface area contributed by atoms with Gasteiger partial charge in [0.1, 0.15) is 23.3 Å². The van der Waals surface area contributed by atoms with Crippen LogP contribution in [0.2, 0.25) is 0 Å². The highest BCUT2D eigenvalue weighted by molar-refractivity contribution is 6.09. The summed E-state index contributed by atoms with van der Waals surface area (Å²) in [6.07, 6.45) is 3.67. The molecule has 10 nitrogen and oxygen atoms in total. The second kappa shape index (κ2) is 9.87. The van der Waals surface area contributed by atoms with Crippen molar-refractivity contribution in [1.29, 1.82) is 0 Å². The van der Waals surface area contributed by atoms with E-state index in [4.69, 9.17) is 9.47 Å². The fourth-order valence-corrected chi connectivity index (χ4v) is 5.10. The zero-order chi connectivity index (χ0) is 26.3. The third-order valence-electron chi connectivity index (χ3n) is 7.21. The average Bonchev–Trinajstić information content (AvgIpc) is 3.51. The first kappa shape index (κ1) is 24.8. The molecule has 1 saturated heterocycles. The molecule has 3 heterocycles. The van der Waals surface area contributed by atoms with Crippen LogP contribution in [0.15, 0.2) is 18.5 Å². The predicted octanol–water partition coefficient (Wildman–Crippen LogP) is 4.13. The maximum Gasteiger partial charge on any atom is 0.407 e. The normalized spacial score (nSPS) is 19.3. The molecule has 3 aromatic rings. The van der Waals surface area contributed by atoms with E-state index >= 15 is 0 Å². The molecule has 37 heavy (non-hydrogen) atoms. The summed E-state index contributed by atoms with van der Waals surface area (Å²) >= 11 is 0. The standard InChI is InChI=1S/C26H30FN5O5/c1-4-18-17(7-8-32(18)26(34)35)31-25(33)21-13(2)30-24-22(28-12-29-23(21)24)15-9-20(36-3)16(27)10-19(15)37-11-14-5-6-14/h9-10,12,14,17-18,30H,4-8,11H2,1-3H3,(H,31,33)(H,34,35)/t17-,18?/m1/s1. The van der Waals surface area contributed by atoms with Crippen LogP contribution in [0.3, 0.4) is 0 Å². The van der Waals surface area contributed by atoms with Crippen LogP contribution >= 0.6 is 0 Å². The van der Waals surface area contributed by atoms with Crippen molar-refractivity contribution in [2.45, 2.75) is 51.6 Å². The Morgan fingerprint density at radius 3 is 2.70 bits per heavy atom. The molecule has 0 radical (unpaired) electrons. The minimum absolute atomic E-state index is 0.0524. The number of fused-ring (bicyclic) bond motifs is 1. The molecule has 5 rings (SSSR count). The number of carbonyl (C=O) groups excluding carboxylic acids is 1. The molecular formula is C26H30FN5O5. The minimum Gasteiger partial charge on any atom is -0.494 e. The van der Waals surface area contributed by atoms with E-state index in [1.165, 1.54) is 24.4 Å². The number of amides is 2. The number of ether oxygens (including phenoxy) is 2. The number of aryl methyl sites for hydroxylation is 1. The minimum atomic E-state index is -0.987. The fourth-order valence-electron chi connectivity index (χ4n) is 5.10. The van der Waals surface area contributed by atoms with E-state index < -0.39 is 11.9 Å². The Morgan fingerprint density at radius 2 is 2.03 bits per heavy atom. The first-order valence-electron chi connectivity index (χ1n) is 12.5. The number of rotatable bonds is 8. The zero-order valence-electron chi connectivity index (χ0n) is 21.0.